The van der Waals surface area contributed by atoms with Gasteiger partial charge in [0.05, 0.1) is 6.20 Å². The van der Waals surface area contributed by atoms with E-state index >= 15 is 0 Å². The molecule has 100 valence electrons. The predicted molar refractivity (Wildman–Crippen MR) is 69.3 cm³/mol. The highest BCUT2D eigenvalue weighted by molar-refractivity contribution is 5.39. The summed E-state index contributed by atoms with van der Waals surface area (Å²) in [4.78, 5) is 0. The molecule has 2 N–H and O–H groups in total. The van der Waals surface area contributed by atoms with Gasteiger partial charge in [-0.2, -0.15) is 5.10 Å². The predicted octanol–water partition coefficient (Wildman–Crippen LogP) is 2.39. The van der Waals surface area contributed by atoms with Crippen LogP contribution in [0.1, 0.15) is 35.4 Å². The summed E-state index contributed by atoms with van der Waals surface area (Å²) in [7, 11) is 1.88. The first-order valence-corrected chi connectivity index (χ1v) is 6.26. The highest BCUT2D eigenvalue weighted by Gasteiger charge is 2.29. The quantitative estimate of drug-likeness (QED) is 0.857. The molecule has 0 saturated carbocycles. The van der Waals surface area contributed by atoms with Crippen LogP contribution in [0, 0.1) is 12.7 Å². The van der Waals surface area contributed by atoms with Gasteiger partial charge in [0.1, 0.15) is 17.7 Å². The molecule has 1 aliphatic heterocycles. The number of hydrogen-bond acceptors (Lipinski definition) is 3. The minimum Gasteiger partial charge on any atom is -0.485 e. The Bertz CT molecular complexity index is 623. The molecular weight excluding hydrogens is 245 g/mol. The van der Waals surface area contributed by atoms with Gasteiger partial charge >= 0.3 is 0 Å². The summed E-state index contributed by atoms with van der Waals surface area (Å²) in [6.07, 6.45) is 2.29. The molecule has 1 aromatic carbocycles. The Morgan fingerprint density at radius 2 is 2.21 bits per heavy atom. The third-order valence-electron chi connectivity index (χ3n) is 3.73. The van der Waals surface area contributed by atoms with Crippen molar-refractivity contribution in [2.24, 2.45) is 12.8 Å². The second kappa shape index (κ2) is 4.35. The van der Waals surface area contributed by atoms with Crippen molar-refractivity contribution in [2.45, 2.75) is 25.5 Å². The van der Waals surface area contributed by atoms with Gasteiger partial charge in [-0.25, -0.2) is 4.39 Å². The van der Waals surface area contributed by atoms with E-state index in [0.29, 0.717) is 12.2 Å². The van der Waals surface area contributed by atoms with Gasteiger partial charge in [-0.05, 0) is 13.0 Å². The summed E-state index contributed by atoms with van der Waals surface area (Å²) in [5.74, 6) is 0.224. The van der Waals surface area contributed by atoms with Crippen LogP contribution in [0.25, 0.3) is 0 Å². The van der Waals surface area contributed by atoms with Gasteiger partial charge in [0, 0.05) is 42.4 Å². The molecule has 1 unspecified atom stereocenters. The SMILES string of the molecule is Cc1c(C2C[C@H](N)c3ccc(F)cc3O2)cnn1C. The molecule has 0 radical (unpaired) electrons. The molecule has 0 fully saturated rings. The van der Waals surface area contributed by atoms with Crippen molar-refractivity contribution in [3.63, 3.8) is 0 Å². The number of nitrogens with two attached hydrogens (primary N) is 1. The Kier molecular flexibility index (Phi) is 2.78. The molecule has 1 aliphatic rings. The zero-order valence-electron chi connectivity index (χ0n) is 10.9. The lowest BCUT2D eigenvalue weighted by atomic mass is 9.94. The maximum atomic E-state index is 13.3. The van der Waals surface area contributed by atoms with Crippen molar-refractivity contribution in [3.05, 3.63) is 47.0 Å². The number of halogens is 1. The Labute approximate surface area is 111 Å². The van der Waals surface area contributed by atoms with E-state index in [9.17, 15) is 4.39 Å². The molecule has 0 spiro atoms. The molecule has 1 aromatic heterocycles. The average Bonchev–Trinajstić information content (AvgIpc) is 2.69. The van der Waals surface area contributed by atoms with Crippen LogP contribution in [0.3, 0.4) is 0 Å². The van der Waals surface area contributed by atoms with Crippen molar-refractivity contribution in [3.8, 4) is 5.75 Å². The highest BCUT2D eigenvalue weighted by atomic mass is 19.1. The Balaban J connectivity index is 1.98. The summed E-state index contributed by atoms with van der Waals surface area (Å²) in [6.45, 7) is 1.98. The normalized spacial score (nSPS) is 21.9. The largest absolute Gasteiger partial charge is 0.485 e. The lowest BCUT2D eigenvalue weighted by molar-refractivity contribution is 0.160. The summed E-state index contributed by atoms with van der Waals surface area (Å²) in [6, 6.07) is 4.36. The van der Waals surface area contributed by atoms with Gasteiger partial charge in [-0.3, -0.25) is 4.68 Å². The molecule has 4 nitrogen and oxygen atoms in total. The highest BCUT2D eigenvalue weighted by Crippen LogP contribution is 2.40. The maximum Gasteiger partial charge on any atom is 0.129 e. The Morgan fingerprint density at radius 1 is 1.42 bits per heavy atom. The number of hydrogen-bond donors (Lipinski definition) is 1. The number of rotatable bonds is 1. The first kappa shape index (κ1) is 12.2. The topological polar surface area (TPSA) is 53.1 Å². The molecule has 3 rings (SSSR count). The van der Waals surface area contributed by atoms with Crippen LogP contribution in [0.15, 0.2) is 24.4 Å². The van der Waals surface area contributed by atoms with Crippen molar-refractivity contribution in [1.82, 2.24) is 9.78 Å². The number of nitrogens with zero attached hydrogens (tertiary/aromatic N) is 2. The van der Waals surface area contributed by atoms with E-state index in [1.807, 2.05) is 14.0 Å². The summed E-state index contributed by atoms with van der Waals surface area (Å²) >= 11 is 0. The number of benzene rings is 1. The molecule has 0 aliphatic carbocycles. The second-order valence-corrected chi connectivity index (χ2v) is 4.94. The van der Waals surface area contributed by atoms with Crippen LogP contribution >= 0.6 is 0 Å². The van der Waals surface area contributed by atoms with Crippen molar-refractivity contribution >= 4 is 0 Å². The van der Waals surface area contributed by atoms with E-state index in [4.69, 9.17) is 10.5 Å². The first-order valence-electron chi connectivity index (χ1n) is 6.26. The molecule has 2 heterocycles. The van der Waals surface area contributed by atoms with E-state index < -0.39 is 0 Å². The van der Waals surface area contributed by atoms with Gasteiger partial charge in [0.25, 0.3) is 0 Å². The standard InChI is InChI=1S/C14H16FN3O/c1-8-11(7-17-18(8)2)14-6-12(16)10-4-3-9(15)5-13(10)19-14/h3-5,7,12,14H,6,16H2,1-2H3/t12-,14?/m0/s1. The van der Waals surface area contributed by atoms with Crippen LogP contribution in [-0.4, -0.2) is 9.78 Å². The molecule has 19 heavy (non-hydrogen) atoms. The smallest absolute Gasteiger partial charge is 0.129 e. The average molecular weight is 261 g/mol. The van der Waals surface area contributed by atoms with E-state index in [1.54, 1.807) is 16.9 Å². The summed E-state index contributed by atoms with van der Waals surface area (Å²) < 4.78 is 21.0. The number of ether oxygens (including phenoxy) is 1. The lowest BCUT2D eigenvalue weighted by Crippen LogP contribution is -2.24. The van der Waals surface area contributed by atoms with Crippen LogP contribution in [0.5, 0.6) is 5.75 Å². The van der Waals surface area contributed by atoms with Crippen LogP contribution in [-0.2, 0) is 7.05 Å². The molecule has 0 bridgehead atoms. The number of aromatic nitrogens is 2. The summed E-state index contributed by atoms with van der Waals surface area (Å²) in [5, 5.41) is 4.21. The van der Waals surface area contributed by atoms with E-state index in [1.165, 1.54) is 12.1 Å². The minimum atomic E-state index is -0.311. The van der Waals surface area contributed by atoms with Gasteiger partial charge in [0.2, 0.25) is 0 Å². The number of fused-ring (bicyclic) bond motifs is 1. The lowest BCUT2D eigenvalue weighted by Gasteiger charge is -2.30. The molecule has 0 amide bonds. The monoisotopic (exact) mass is 261 g/mol. The third-order valence-corrected chi connectivity index (χ3v) is 3.73. The van der Waals surface area contributed by atoms with E-state index in [2.05, 4.69) is 5.10 Å². The Hall–Kier alpha value is -1.88. The fraction of sp³-hybridized carbons (Fsp3) is 0.357. The van der Waals surface area contributed by atoms with Crippen LogP contribution < -0.4 is 10.5 Å². The van der Waals surface area contributed by atoms with E-state index in [-0.39, 0.29) is 18.0 Å². The third kappa shape index (κ3) is 2.00. The zero-order chi connectivity index (χ0) is 13.6. The first-order chi connectivity index (χ1) is 9.06. The van der Waals surface area contributed by atoms with Gasteiger partial charge in [-0.1, -0.05) is 6.07 Å². The minimum absolute atomic E-state index is 0.144. The summed E-state index contributed by atoms with van der Waals surface area (Å²) in [5.41, 5.74) is 9.06. The zero-order valence-corrected chi connectivity index (χ0v) is 10.9. The molecule has 5 heteroatoms. The van der Waals surface area contributed by atoms with Crippen LogP contribution in [0.4, 0.5) is 4.39 Å². The maximum absolute atomic E-state index is 13.3. The van der Waals surface area contributed by atoms with Crippen LogP contribution in [0.2, 0.25) is 0 Å². The van der Waals surface area contributed by atoms with Gasteiger partial charge < -0.3 is 10.5 Å². The fourth-order valence-electron chi connectivity index (χ4n) is 2.50. The molecule has 2 aromatic rings. The second-order valence-electron chi connectivity index (χ2n) is 4.94. The van der Waals surface area contributed by atoms with Gasteiger partial charge in [-0.15, -0.1) is 0 Å². The molecule has 0 saturated heterocycles. The van der Waals surface area contributed by atoms with E-state index in [0.717, 1.165) is 16.8 Å². The Morgan fingerprint density at radius 3 is 2.89 bits per heavy atom. The van der Waals surface area contributed by atoms with Gasteiger partial charge in [0.15, 0.2) is 0 Å². The fourth-order valence-corrected chi connectivity index (χ4v) is 2.50. The van der Waals surface area contributed by atoms with Crippen molar-refractivity contribution in [1.29, 1.82) is 0 Å². The van der Waals surface area contributed by atoms with Crippen molar-refractivity contribution in [2.75, 3.05) is 0 Å². The molecular formula is C14H16FN3O. The number of aryl methyl sites for hydroxylation is 1. The molecule has 2 atom stereocenters. The van der Waals surface area contributed by atoms with Crippen molar-refractivity contribution < 1.29 is 9.13 Å².